The number of allylic oxidation sites excluding steroid dienone is 3. The summed E-state index contributed by atoms with van der Waals surface area (Å²) in [5.74, 6) is 0.297. The van der Waals surface area contributed by atoms with E-state index in [9.17, 15) is 4.79 Å². The molecule has 0 aromatic heterocycles. The lowest BCUT2D eigenvalue weighted by Gasteiger charge is -2.41. The molecule has 4 atom stereocenters. The Bertz CT molecular complexity index is 887. The van der Waals surface area contributed by atoms with E-state index in [0.717, 1.165) is 28.1 Å². The van der Waals surface area contributed by atoms with Gasteiger partial charge in [-0.15, -0.1) is 0 Å². The van der Waals surface area contributed by atoms with Crippen LogP contribution in [0.2, 0.25) is 0 Å². The second kappa shape index (κ2) is 4.84. The minimum absolute atomic E-state index is 0.00985. The average Bonchev–Trinajstić information content (AvgIpc) is 2.62. The largest absolute Gasteiger partial charge is 0.378 e. The highest BCUT2D eigenvalue weighted by molar-refractivity contribution is 6.06. The molecule has 0 radical (unpaired) electrons. The van der Waals surface area contributed by atoms with Gasteiger partial charge in [0.25, 0.3) is 0 Å². The maximum atomic E-state index is 12.9. The molecule has 1 aromatic rings. The van der Waals surface area contributed by atoms with Crippen molar-refractivity contribution in [2.45, 2.75) is 12.1 Å². The zero-order chi connectivity index (χ0) is 16.3. The first-order valence-electron chi connectivity index (χ1n) is 8.37. The Kier molecular flexibility index (Phi) is 2.75. The van der Waals surface area contributed by atoms with E-state index in [1.165, 1.54) is 0 Å². The number of carbonyl (C=O) groups excluding carboxylic acids is 1. The van der Waals surface area contributed by atoms with Crippen LogP contribution in [-0.4, -0.2) is 17.9 Å². The summed E-state index contributed by atoms with van der Waals surface area (Å²) in [6.45, 7) is 4.34. The van der Waals surface area contributed by atoms with E-state index in [1.54, 1.807) is 0 Å². The Hall–Kier alpha value is -2.81. The monoisotopic (exact) mass is 314 g/mol. The highest BCUT2D eigenvalue weighted by atomic mass is 16.1. The molecule has 4 aliphatic rings. The molecule has 0 bridgehead atoms. The molecular formula is C21H18N2O. The minimum Gasteiger partial charge on any atom is -0.378 e. The Morgan fingerprint density at radius 2 is 1.75 bits per heavy atom. The SMILES string of the molecule is C=C1C2=CC3Nc4ccccc4C(=O)C3C=C2NC2C=CC=CC12. The zero-order valence-corrected chi connectivity index (χ0v) is 13.2. The van der Waals surface area contributed by atoms with E-state index in [1.807, 2.05) is 24.3 Å². The summed E-state index contributed by atoms with van der Waals surface area (Å²) >= 11 is 0. The number of benzene rings is 1. The van der Waals surface area contributed by atoms with Crippen LogP contribution in [0, 0.1) is 11.8 Å². The lowest BCUT2D eigenvalue weighted by atomic mass is 9.74. The summed E-state index contributed by atoms with van der Waals surface area (Å²) in [4.78, 5) is 12.9. The molecular weight excluding hydrogens is 296 g/mol. The number of piperidine rings is 1. The van der Waals surface area contributed by atoms with Crippen LogP contribution in [-0.2, 0) is 0 Å². The van der Waals surface area contributed by atoms with Crippen LogP contribution in [0.4, 0.5) is 5.69 Å². The number of hydrogen-bond donors (Lipinski definition) is 2. The van der Waals surface area contributed by atoms with E-state index in [0.29, 0.717) is 0 Å². The quantitative estimate of drug-likeness (QED) is 0.771. The average molecular weight is 314 g/mol. The summed E-state index contributed by atoms with van der Waals surface area (Å²) < 4.78 is 0. The van der Waals surface area contributed by atoms with Crippen LogP contribution in [0.25, 0.3) is 0 Å². The second-order valence-corrected chi connectivity index (χ2v) is 6.76. The third-order valence-electron chi connectivity index (χ3n) is 5.39. The van der Waals surface area contributed by atoms with Crippen molar-refractivity contribution in [2.24, 2.45) is 11.8 Å². The van der Waals surface area contributed by atoms with Crippen molar-refractivity contribution in [2.75, 3.05) is 5.32 Å². The lowest BCUT2D eigenvalue weighted by Crippen LogP contribution is -2.46. The predicted octanol–water partition coefficient (Wildman–Crippen LogP) is 3.37. The molecule has 1 fully saturated rings. The van der Waals surface area contributed by atoms with Gasteiger partial charge in [0.1, 0.15) is 0 Å². The summed E-state index contributed by atoms with van der Waals surface area (Å²) in [7, 11) is 0. The first-order valence-corrected chi connectivity index (χ1v) is 8.37. The Morgan fingerprint density at radius 3 is 2.67 bits per heavy atom. The van der Waals surface area contributed by atoms with E-state index in [4.69, 9.17) is 0 Å². The van der Waals surface area contributed by atoms with Gasteiger partial charge in [-0.1, -0.05) is 49.1 Å². The number of ketones is 1. The van der Waals surface area contributed by atoms with E-state index in [2.05, 4.69) is 53.7 Å². The molecule has 0 amide bonds. The zero-order valence-electron chi connectivity index (χ0n) is 13.2. The maximum absolute atomic E-state index is 12.9. The van der Waals surface area contributed by atoms with Gasteiger partial charge in [-0.3, -0.25) is 4.79 Å². The van der Waals surface area contributed by atoms with Gasteiger partial charge in [0.15, 0.2) is 5.78 Å². The molecule has 1 saturated heterocycles. The number of hydrogen-bond acceptors (Lipinski definition) is 3. The van der Waals surface area contributed by atoms with Gasteiger partial charge in [0, 0.05) is 22.9 Å². The van der Waals surface area contributed by atoms with Crippen molar-refractivity contribution in [1.29, 1.82) is 0 Å². The van der Waals surface area contributed by atoms with Gasteiger partial charge in [-0.2, -0.15) is 0 Å². The highest BCUT2D eigenvalue weighted by Gasteiger charge is 2.39. The normalized spacial score (nSPS) is 32.3. The van der Waals surface area contributed by atoms with Crippen LogP contribution >= 0.6 is 0 Å². The summed E-state index contributed by atoms with van der Waals surface area (Å²) in [5, 5.41) is 7.09. The van der Waals surface area contributed by atoms with Crippen LogP contribution in [0.3, 0.4) is 0 Å². The van der Waals surface area contributed by atoms with Crippen molar-refractivity contribution in [3.05, 3.63) is 89.7 Å². The molecule has 2 N–H and O–H groups in total. The number of anilines is 1. The van der Waals surface area contributed by atoms with Crippen molar-refractivity contribution in [3.63, 3.8) is 0 Å². The third-order valence-corrected chi connectivity index (χ3v) is 5.39. The number of nitrogens with one attached hydrogen (secondary N) is 2. The summed E-state index contributed by atoms with van der Waals surface area (Å²) in [5.41, 5.74) is 5.00. The molecule has 5 rings (SSSR count). The Morgan fingerprint density at radius 1 is 0.917 bits per heavy atom. The van der Waals surface area contributed by atoms with Gasteiger partial charge in [0.05, 0.1) is 18.0 Å². The fraction of sp³-hybridized carbons (Fsp3) is 0.190. The number of para-hydroxylation sites is 1. The minimum atomic E-state index is -0.168. The molecule has 3 heteroatoms. The molecule has 4 unspecified atom stereocenters. The van der Waals surface area contributed by atoms with Gasteiger partial charge in [0.2, 0.25) is 0 Å². The topological polar surface area (TPSA) is 41.1 Å². The number of carbonyl (C=O) groups is 1. The van der Waals surface area contributed by atoms with Crippen molar-refractivity contribution < 1.29 is 4.79 Å². The number of rotatable bonds is 0. The third kappa shape index (κ3) is 1.81. The summed E-state index contributed by atoms with van der Waals surface area (Å²) in [6, 6.07) is 7.96. The van der Waals surface area contributed by atoms with Crippen LogP contribution < -0.4 is 10.6 Å². The molecule has 2 aliphatic heterocycles. The Labute approximate surface area is 141 Å². The van der Waals surface area contributed by atoms with E-state index < -0.39 is 0 Å². The van der Waals surface area contributed by atoms with Gasteiger partial charge in [-0.05, 0) is 29.4 Å². The van der Waals surface area contributed by atoms with Gasteiger partial charge in [-0.25, -0.2) is 0 Å². The van der Waals surface area contributed by atoms with Crippen molar-refractivity contribution in [1.82, 2.24) is 5.32 Å². The van der Waals surface area contributed by atoms with Crippen molar-refractivity contribution in [3.8, 4) is 0 Å². The summed E-state index contributed by atoms with van der Waals surface area (Å²) in [6.07, 6.45) is 12.7. The second-order valence-electron chi connectivity index (χ2n) is 6.76. The Balaban J connectivity index is 1.58. The van der Waals surface area contributed by atoms with E-state index in [-0.39, 0.29) is 29.7 Å². The maximum Gasteiger partial charge on any atom is 0.174 e. The molecule has 24 heavy (non-hydrogen) atoms. The smallest absolute Gasteiger partial charge is 0.174 e. The first kappa shape index (κ1) is 13.6. The molecule has 1 aromatic carbocycles. The molecule has 2 heterocycles. The van der Waals surface area contributed by atoms with Crippen LogP contribution in [0.15, 0.2) is 84.1 Å². The van der Waals surface area contributed by atoms with Crippen LogP contribution in [0.5, 0.6) is 0 Å². The standard InChI is InChI=1S/C21H18N2O/c1-12-13-6-2-4-8-17(13)22-19-11-16-20(10-15(12)19)23-18-9-5-3-7-14(18)21(16)24/h2-11,13,16-17,20,22-23H,1H2. The first-order chi connectivity index (χ1) is 11.7. The molecule has 2 aliphatic carbocycles. The molecule has 0 saturated carbocycles. The molecule has 3 nitrogen and oxygen atoms in total. The fourth-order valence-electron chi connectivity index (χ4n) is 4.14. The predicted molar refractivity (Wildman–Crippen MR) is 95.7 cm³/mol. The van der Waals surface area contributed by atoms with Crippen molar-refractivity contribution >= 4 is 11.5 Å². The molecule has 118 valence electrons. The molecule has 0 spiro atoms. The van der Waals surface area contributed by atoms with E-state index >= 15 is 0 Å². The van der Waals surface area contributed by atoms with Crippen LogP contribution in [0.1, 0.15) is 10.4 Å². The lowest BCUT2D eigenvalue weighted by molar-refractivity contribution is 0.0934. The van der Waals surface area contributed by atoms with Gasteiger partial charge < -0.3 is 10.6 Å². The highest BCUT2D eigenvalue weighted by Crippen LogP contribution is 2.41. The van der Waals surface area contributed by atoms with Gasteiger partial charge >= 0.3 is 0 Å². The number of fused-ring (bicyclic) bond motifs is 4. The fourth-order valence-corrected chi connectivity index (χ4v) is 4.14. The number of Topliss-reactive ketones (excluding diaryl/α,β-unsaturated/α-hetero) is 1.